The van der Waals surface area contributed by atoms with Crippen molar-refractivity contribution < 1.29 is 9.59 Å². The zero-order chi connectivity index (χ0) is 16.0. The predicted octanol–water partition coefficient (Wildman–Crippen LogP) is 3.21. The number of ketones is 1. The number of Topliss-reactive ketones (excluding diaryl/α,β-unsaturated/α-hetero) is 1. The van der Waals surface area contributed by atoms with Gasteiger partial charge in [0.25, 0.3) is 11.7 Å². The fourth-order valence-corrected chi connectivity index (χ4v) is 4.61. The molecule has 4 rings (SSSR count). The van der Waals surface area contributed by atoms with Crippen molar-refractivity contribution in [1.82, 2.24) is 10.3 Å². The minimum Gasteiger partial charge on any atom is -0.358 e. The van der Waals surface area contributed by atoms with Crippen molar-refractivity contribution in [2.24, 2.45) is 17.8 Å². The van der Waals surface area contributed by atoms with Gasteiger partial charge < -0.3 is 10.3 Å². The number of amides is 1. The lowest BCUT2D eigenvalue weighted by Gasteiger charge is -2.21. The summed E-state index contributed by atoms with van der Waals surface area (Å²) in [4.78, 5) is 28.1. The van der Waals surface area contributed by atoms with Crippen LogP contribution in [0.15, 0.2) is 24.3 Å². The van der Waals surface area contributed by atoms with Crippen LogP contribution in [-0.2, 0) is 4.79 Å². The minimum atomic E-state index is -0.472. The highest BCUT2D eigenvalue weighted by atomic mass is 16.2. The van der Waals surface area contributed by atoms with Crippen LogP contribution in [0.1, 0.15) is 41.7 Å². The average molecular weight is 310 g/mol. The van der Waals surface area contributed by atoms with Crippen LogP contribution in [0, 0.1) is 24.7 Å². The number of carbonyl (C=O) groups excluding carboxylic acids is 2. The maximum absolute atomic E-state index is 12.6. The van der Waals surface area contributed by atoms with E-state index >= 15 is 0 Å². The van der Waals surface area contributed by atoms with E-state index in [1.807, 2.05) is 31.2 Å². The third-order valence-corrected chi connectivity index (χ3v) is 5.74. The normalized spacial score (nSPS) is 25.9. The molecule has 3 atom stereocenters. The van der Waals surface area contributed by atoms with Crippen LogP contribution in [0.4, 0.5) is 0 Å². The topological polar surface area (TPSA) is 62.0 Å². The van der Waals surface area contributed by atoms with Crippen LogP contribution in [0.25, 0.3) is 10.9 Å². The van der Waals surface area contributed by atoms with Gasteiger partial charge in [0.1, 0.15) is 0 Å². The van der Waals surface area contributed by atoms with Crippen molar-refractivity contribution in [3.05, 3.63) is 35.5 Å². The lowest BCUT2D eigenvalue weighted by atomic mass is 9.89. The SMILES string of the molecule is Cc1[nH]c2ccccc2c1C(=O)C(=O)NC[C@@H]1C[C@H]2CC[C@@H]1C2. The summed E-state index contributed by atoms with van der Waals surface area (Å²) < 4.78 is 0. The summed E-state index contributed by atoms with van der Waals surface area (Å²) in [6, 6.07) is 7.61. The second kappa shape index (κ2) is 5.52. The van der Waals surface area contributed by atoms with Gasteiger partial charge in [-0.3, -0.25) is 9.59 Å². The number of aryl methyl sites for hydroxylation is 1. The molecule has 0 radical (unpaired) electrons. The highest BCUT2D eigenvalue weighted by Crippen LogP contribution is 2.47. The van der Waals surface area contributed by atoms with E-state index in [-0.39, 0.29) is 0 Å². The fourth-order valence-electron chi connectivity index (χ4n) is 4.61. The summed E-state index contributed by atoms with van der Waals surface area (Å²) in [7, 11) is 0. The molecule has 0 unspecified atom stereocenters. The van der Waals surface area contributed by atoms with Crippen LogP contribution in [0.2, 0.25) is 0 Å². The summed E-state index contributed by atoms with van der Waals surface area (Å²) in [5.41, 5.74) is 2.16. The van der Waals surface area contributed by atoms with E-state index in [9.17, 15) is 9.59 Å². The van der Waals surface area contributed by atoms with Crippen LogP contribution in [-0.4, -0.2) is 23.2 Å². The second-order valence-electron chi connectivity index (χ2n) is 7.14. The molecule has 120 valence electrons. The smallest absolute Gasteiger partial charge is 0.292 e. The van der Waals surface area contributed by atoms with Crippen LogP contribution >= 0.6 is 0 Å². The van der Waals surface area contributed by atoms with Gasteiger partial charge in [-0.15, -0.1) is 0 Å². The molecule has 1 aromatic carbocycles. The zero-order valence-electron chi connectivity index (χ0n) is 13.4. The first-order valence-corrected chi connectivity index (χ1v) is 8.53. The van der Waals surface area contributed by atoms with Crippen LogP contribution in [0.5, 0.6) is 0 Å². The summed E-state index contributed by atoms with van der Waals surface area (Å²) in [5.74, 6) is 1.27. The quantitative estimate of drug-likeness (QED) is 0.673. The number of nitrogens with one attached hydrogen (secondary N) is 2. The first-order chi connectivity index (χ1) is 11.1. The van der Waals surface area contributed by atoms with Crippen molar-refractivity contribution in [1.29, 1.82) is 0 Å². The van der Waals surface area contributed by atoms with Crippen molar-refractivity contribution in [3.8, 4) is 0 Å². The van der Waals surface area contributed by atoms with E-state index in [2.05, 4.69) is 10.3 Å². The molecule has 4 nitrogen and oxygen atoms in total. The number of hydrogen-bond donors (Lipinski definition) is 2. The third-order valence-electron chi connectivity index (χ3n) is 5.74. The number of carbonyl (C=O) groups is 2. The lowest BCUT2D eigenvalue weighted by Crippen LogP contribution is -2.36. The van der Waals surface area contributed by atoms with E-state index in [0.29, 0.717) is 18.0 Å². The zero-order valence-corrected chi connectivity index (χ0v) is 13.4. The molecule has 0 saturated heterocycles. The monoisotopic (exact) mass is 310 g/mol. The Morgan fingerprint density at radius 3 is 2.78 bits per heavy atom. The maximum atomic E-state index is 12.6. The summed E-state index contributed by atoms with van der Waals surface area (Å²) in [6.45, 7) is 2.49. The molecule has 2 aliphatic rings. The number of rotatable bonds is 4. The van der Waals surface area contributed by atoms with Gasteiger partial charge in [-0.1, -0.05) is 24.6 Å². The maximum Gasteiger partial charge on any atom is 0.292 e. The summed E-state index contributed by atoms with van der Waals surface area (Å²) in [5, 5.41) is 3.71. The standard InChI is InChI=1S/C19H22N2O2/c1-11-17(15-4-2-3-5-16(15)21-11)18(22)19(23)20-10-14-9-12-6-7-13(14)8-12/h2-5,12-14,21H,6-10H2,1H3,(H,20,23)/t12-,13+,14-/m0/s1. The Hall–Kier alpha value is -2.10. The van der Waals surface area contributed by atoms with E-state index in [1.54, 1.807) is 0 Å². The summed E-state index contributed by atoms with van der Waals surface area (Å²) >= 11 is 0. The third kappa shape index (κ3) is 2.46. The molecule has 1 amide bonds. The highest BCUT2D eigenvalue weighted by Gasteiger charge is 2.39. The molecular weight excluding hydrogens is 288 g/mol. The largest absolute Gasteiger partial charge is 0.358 e. The molecule has 2 fully saturated rings. The molecule has 4 heteroatoms. The Kier molecular flexibility index (Phi) is 3.47. The Labute approximate surface area is 135 Å². The minimum absolute atomic E-state index is 0.428. The first kappa shape index (κ1) is 14.5. The van der Waals surface area contributed by atoms with Crippen molar-refractivity contribution >= 4 is 22.6 Å². The van der Waals surface area contributed by atoms with Gasteiger partial charge in [-0.2, -0.15) is 0 Å². The number of aromatic amines is 1. The van der Waals surface area contributed by atoms with Gasteiger partial charge in [-0.25, -0.2) is 0 Å². The van der Waals surface area contributed by atoms with E-state index in [4.69, 9.17) is 0 Å². The molecule has 1 aromatic heterocycles. The van der Waals surface area contributed by atoms with Gasteiger partial charge in [-0.05, 0) is 50.0 Å². The number of fused-ring (bicyclic) bond motifs is 3. The molecule has 2 aromatic rings. The Balaban J connectivity index is 1.47. The van der Waals surface area contributed by atoms with E-state index in [1.165, 1.54) is 25.7 Å². The van der Waals surface area contributed by atoms with Gasteiger partial charge in [0.05, 0.1) is 5.56 Å². The summed E-state index contributed by atoms with van der Waals surface area (Å²) in [6.07, 6.45) is 5.17. The number of hydrogen-bond acceptors (Lipinski definition) is 2. The van der Waals surface area contributed by atoms with Gasteiger partial charge in [0.15, 0.2) is 0 Å². The number of aromatic nitrogens is 1. The van der Waals surface area contributed by atoms with Gasteiger partial charge in [0, 0.05) is 23.1 Å². The average Bonchev–Trinajstić information content (AvgIpc) is 3.24. The molecule has 2 bridgehead atoms. The van der Waals surface area contributed by atoms with Crippen molar-refractivity contribution in [2.45, 2.75) is 32.6 Å². The van der Waals surface area contributed by atoms with E-state index < -0.39 is 11.7 Å². The molecule has 2 saturated carbocycles. The molecule has 2 N–H and O–H groups in total. The Bertz CT molecular complexity index is 777. The molecular formula is C19H22N2O2. The molecule has 2 aliphatic carbocycles. The molecule has 1 heterocycles. The lowest BCUT2D eigenvalue weighted by molar-refractivity contribution is -0.117. The fraction of sp³-hybridized carbons (Fsp3) is 0.474. The van der Waals surface area contributed by atoms with Crippen LogP contribution < -0.4 is 5.32 Å². The van der Waals surface area contributed by atoms with Gasteiger partial charge >= 0.3 is 0 Å². The Morgan fingerprint density at radius 1 is 1.22 bits per heavy atom. The molecule has 23 heavy (non-hydrogen) atoms. The van der Waals surface area contributed by atoms with E-state index in [0.717, 1.165) is 28.4 Å². The number of H-pyrrole nitrogens is 1. The van der Waals surface area contributed by atoms with Crippen LogP contribution in [0.3, 0.4) is 0 Å². The van der Waals surface area contributed by atoms with Crippen molar-refractivity contribution in [3.63, 3.8) is 0 Å². The second-order valence-corrected chi connectivity index (χ2v) is 7.14. The van der Waals surface area contributed by atoms with Crippen molar-refractivity contribution in [2.75, 3.05) is 6.54 Å². The van der Waals surface area contributed by atoms with Gasteiger partial charge in [0.2, 0.25) is 0 Å². The molecule has 0 aliphatic heterocycles. The number of para-hydroxylation sites is 1. The highest BCUT2D eigenvalue weighted by molar-refractivity contribution is 6.45. The molecule has 0 spiro atoms. The Morgan fingerprint density at radius 2 is 2.04 bits per heavy atom. The first-order valence-electron chi connectivity index (χ1n) is 8.53. The number of benzene rings is 1. The predicted molar refractivity (Wildman–Crippen MR) is 89.3 cm³/mol.